The van der Waals surface area contributed by atoms with E-state index in [2.05, 4.69) is 14.9 Å². The van der Waals surface area contributed by atoms with Gasteiger partial charge in [-0.1, -0.05) is 40.9 Å². The monoisotopic (exact) mass is 313 g/mol. The summed E-state index contributed by atoms with van der Waals surface area (Å²) >= 11 is 1.29. The zero-order valence-corrected chi connectivity index (χ0v) is 12.8. The first-order valence-corrected chi connectivity index (χ1v) is 7.67. The molecule has 3 rings (SSSR count). The highest BCUT2D eigenvalue weighted by Gasteiger charge is 2.21. The minimum absolute atomic E-state index is 0.321. The molecule has 1 N–H and O–H groups in total. The van der Waals surface area contributed by atoms with Gasteiger partial charge in [-0.3, -0.25) is 5.32 Å². The summed E-state index contributed by atoms with van der Waals surface area (Å²) in [6, 6.07) is 13.5. The Morgan fingerprint density at radius 2 is 2.09 bits per heavy atom. The molecule has 6 heteroatoms. The Balaban J connectivity index is 1.87. The molecule has 0 saturated carbocycles. The minimum Gasteiger partial charge on any atom is -0.468 e. The van der Waals surface area contributed by atoms with Crippen LogP contribution < -0.4 is 5.32 Å². The van der Waals surface area contributed by atoms with E-state index in [1.165, 1.54) is 18.6 Å². The van der Waals surface area contributed by atoms with E-state index in [0.717, 1.165) is 22.0 Å². The molecule has 2 aromatic carbocycles. The van der Waals surface area contributed by atoms with Gasteiger partial charge in [-0.25, -0.2) is 4.79 Å². The second-order valence-corrected chi connectivity index (χ2v) is 5.45. The van der Waals surface area contributed by atoms with Crippen LogP contribution in [0.1, 0.15) is 17.3 Å². The highest BCUT2D eigenvalue weighted by Crippen LogP contribution is 2.21. The molecule has 5 nitrogen and oxygen atoms in total. The van der Waals surface area contributed by atoms with Crippen LogP contribution in [0.4, 0.5) is 0 Å². The minimum atomic E-state index is -0.531. The molecular formula is C16H15N3O2S. The zero-order chi connectivity index (χ0) is 15.4. The van der Waals surface area contributed by atoms with Crippen LogP contribution in [0.25, 0.3) is 10.8 Å². The highest BCUT2D eigenvalue weighted by molar-refractivity contribution is 7.03. The summed E-state index contributed by atoms with van der Waals surface area (Å²) in [5.41, 5.74) is 1.67. The number of carbonyl (C=O) groups is 1. The number of hydrogen-bond acceptors (Lipinski definition) is 6. The van der Waals surface area contributed by atoms with E-state index in [1.54, 1.807) is 0 Å². The number of nitrogens with one attached hydrogen (secondary N) is 1. The van der Waals surface area contributed by atoms with Gasteiger partial charge in [-0.2, -0.15) is 0 Å². The number of fused-ring (bicyclic) bond motifs is 1. The number of ether oxygens (including phenoxy) is 1. The number of methoxy groups -OCH3 is 1. The first-order chi connectivity index (χ1) is 10.8. The molecule has 0 saturated heterocycles. The van der Waals surface area contributed by atoms with Gasteiger partial charge in [0.2, 0.25) is 0 Å². The summed E-state index contributed by atoms with van der Waals surface area (Å²) in [7, 11) is 1.39. The Labute approximate surface area is 132 Å². The lowest BCUT2D eigenvalue weighted by molar-refractivity contribution is -0.143. The van der Waals surface area contributed by atoms with Gasteiger partial charge in [0.25, 0.3) is 0 Å². The molecule has 3 aromatic rings. The van der Waals surface area contributed by atoms with Gasteiger partial charge in [-0.05, 0) is 33.9 Å². The van der Waals surface area contributed by atoms with Crippen LogP contribution in [0.15, 0.2) is 47.8 Å². The van der Waals surface area contributed by atoms with Crippen molar-refractivity contribution in [1.82, 2.24) is 14.9 Å². The van der Waals surface area contributed by atoms with Crippen molar-refractivity contribution in [3.63, 3.8) is 0 Å². The van der Waals surface area contributed by atoms with Crippen LogP contribution in [-0.4, -0.2) is 22.7 Å². The molecule has 1 atom stereocenters. The molecule has 1 aromatic heterocycles. The largest absolute Gasteiger partial charge is 0.468 e. The van der Waals surface area contributed by atoms with E-state index in [1.807, 2.05) is 47.8 Å². The van der Waals surface area contributed by atoms with Crippen molar-refractivity contribution in [2.24, 2.45) is 0 Å². The number of hydrogen-bond donors (Lipinski definition) is 1. The van der Waals surface area contributed by atoms with Crippen LogP contribution in [-0.2, 0) is 16.1 Å². The van der Waals surface area contributed by atoms with Crippen molar-refractivity contribution in [3.8, 4) is 0 Å². The average molecular weight is 313 g/mol. The Bertz CT molecular complexity index is 774. The molecule has 0 amide bonds. The zero-order valence-electron chi connectivity index (χ0n) is 12.0. The Kier molecular flexibility index (Phi) is 4.41. The normalized spacial score (nSPS) is 12.2. The predicted octanol–water partition coefficient (Wildman–Crippen LogP) is 2.70. The first-order valence-electron chi connectivity index (χ1n) is 6.84. The van der Waals surface area contributed by atoms with Crippen molar-refractivity contribution in [1.29, 1.82) is 0 Å². The summed E-state index contributed by atoms with van der Waals surface area (Å²) in [5, 5.41) is 11.2. The van der Waals surface area contributed by atoms with E-state index >= 15 is 0 Å². The molecule has 0 spiro atoms. The molecule has 0 aliphatic heterocycles. The van der Waals surface area contributed by atoms with Crippen LogP contribution in [0.5, 0.6) is 0 Å². The summed E-state index contributed by atoms with van der Waals surface area (Å²) in [6.45, 7) is 0.461. The second-order valence-electron chi connectivity index (χ2n) is 4.84. The molecule has 0 aliphatic carbocycles. The van der Waals surface area contributed by atoms with Gasteiger partial charge in [-0.15, -0.1) is 5.10 Å². The molecule has 0 unspecified atom stereocenters. The highest BCUT2D eigenvalue weighted by atomic mass is 32.1. The summed E-state index contributed by atoms with van der Waals surface area (Å²) < 4.78 is 8.73. The molecule has 0 radical (unpaired) electrons. The second kappa shape index (κ2) is 6.64. The lowest BCUT2D eigenvalue weighted by Gasteiger charge is -2.16. The number of nitrogens with zero attached hydrogens (tertiary/aromatic N) is 2. The molecule has 112 valence electrons. The third-order valence-corrected chi connectivity index (χ3v) is 3.99. The fraction of sp³-hybridized carbons (Fsp3) is 0.188. The predicted molar refractivity (Wildman–Crippen MR) is 85.5 cm³/mol. The average Bonchev–Trinajstić information content (AvgIpc) is 3.08. The van der Waals surface area contributed by atoms with Crippen LogP contribution in [0.2, 0.25) is 0 Å². The first kappa shape index (κ1) is 14.6. The van der Waals surface area contributed by atoms with Crippen molar-refractivity contribution < 1.29 is 9.53 Å². The lowest BCUT2D eigenvalue weighted by atomic mass is 10.0. The van der Waals surface area contributed by atoms with Crippen molar-refractivity contribution >= 4 is 28.3 Å². The molecule has 0 aliphatic rings. The fourth-order valence-electron chi connectivity index (χ4n) is 2.31. The van der Waals surface area contributed by atoms with Crippen LogP contribution >= 0.6 is 11.5 Å². The van der Waals surface area contributed by atoms with E-state index < -0.39 is 6.04 Å². The summed E-state index contributed by atoms with van der Waals surface area (Å²) in [5.74, 6) is -0.321. The SMILES string of the molecule is COC(=O)[C@H](NCc1csnn1)c1ccc2ccccc2c1. The number of aromatic nitrogens is 2. The molecule has 0 fully saturated rings. The number of rotatable bonds is 5. The number of carbonyl (C=O) groups excluding carboxylic acids is 1. The van der Waals surface area contributed by atoms with Crippen molar-refractivity contribution in [3.05, 3.63) is 59.1 Å². The smallest absolute Gasteiger partial charge is 0.327 e. The topological polar surface area (TPSA) is 64.1 Å². The summed E-state index contributed by atoms with van der Waals surface area (Å²) in [4.78, 5) is 12.1. The van der Waals surface area contributed by atoms with Gasteiger partial charge in [0.1, 0.15) is 6.04 Å². The van der Waals surface area contributed by atoms with Crippen LogP contribution in [0, 0.1) is 0 Å². The maximum absolute atomic E-state index is 12.1. The van der Waals surface area contributed by atoms with Crippen molar-refractivity contribution in [2.45, 2.75) is 12.6 Å². The lowest BCUT2D eigenvalue weighted by Crippen LogP contribution is -2.29. The number of esters is 1. The van der Waals surface area contributed by atoms with Crippen molar-refractivity contribution in [2.75, 3.05) is 7.11 Å². The van der Waals surface area contributed by atoms with E-state index in [0.29, 0.717) is 6.54 Å². The third kappa shape index (κ3) is 3.13. The maximum Gasteiger partial charge on any atom is 0.327 e. The Morgan fingerprint density at radius 3 is 2.82 bits per heavy atom. The van der Waals surface area contributed by atoms with E-state index in [9.17, 15) is 4.79 Å². The van der Waals surface area contributed by atoms with Gasteiger partial charge in [0.05, 0.1) is 12.8 Å². The maximum atomic E-state index is 12.1. The molecule has 22 heavy (non-hydrogen) atoms. The quantitative estimate of drug-likeness (QED) is 0.734. The fourth-order valence-corrected chi connectivity index (χ4v) is 2.76. The molecule has 0 bridgehead atoms. The molecular weight excluding hydrogens is 298 g/mol. The number of benzene rings is 2. The Hall–Kier alpha value is -2.31. The summed E-state index contributed by atoms with van der Waals surface area (Å²) in [6.07, 6.45) is 0. The standard InChI is InChI=1S/C16H15N3O2S/c1-21-16(20)15(17-9-14-10-22-19-18-14)13-7-6-11-4-2-3-5-12(11)8-13/h2-8,10,15,17H,9H2,1H3/t15-/m1/s1. The van der Waals surface area contributed by atoms with Gasteiger partial charge in [0, 0.05) is 11.9 Å². The third-order valence-electron chi connectivity index (χ3n) is 3.44. The van der Waals surface area contributed by atoms with Gasteiger partial charge in [0.15, 0.2) is 0 Å². The van der Waals surface area contributed by atoms with E-state index in [-0.39, 0.29) is 5.97 Å². The molecule has 1 heterocycles. The van der Waals surface area contributed by atoms with Gasteiger partial charge < -0.3 is 4.74 Å². The van der Waals surface area contributed by atoms with E-state index in [4.69, 9.17) is 4.74 Å². The van der Waals surface area contributed by atoms with Crippen LogP contribution in [0.3, 0.4) is 0 Å². The Morgan fingerprint density at radius 1 is 1.27 bits per heavy atom. The van der Waals surface area contributed by atoms with Gasteiger partial charge >= 0.3 is 5.97 Å².